The van der Waals surface area contributed by atoms with Crippen molar-refractivity contribution in [2.24, 2.45) is 5.92 Å². The maximum Gasteiger partial charge on any atom is 0.264 e. The molecule has 7 aromatic rings. The molecule has 11 rings (SSSR count). The van der Waals surface area contributed by atoms with E-state index in [0.29, 0.717) is 86.4 Å². The van der Waals surface area contributed by atoms with Crippen molar-refractivity contribution in [2.45, 2.75) is 116 Å². The van der Waals surface area contributed by atoms with E-state index in [-0.39, 0.29) is 60.3 Å². The highest BCUT2D eigenvalue weighted by Crippen LogP contribution is 2.43. The van der Waals surface area contributed by atoms with Crippen molar-refractivity contribution in [3.63, 3.8) is 0 Å². The highest BCUT2D eigenvalue weighted by Gasteiger charge is 2.44. The first kappa shape index (κ1) is 52.0. The second-order valence-corrected chi connectivity index (χ2v) is 22.3. The number of fused-ring (bicyclic) bond motifs is 2. The number of hydrogen-bond donors (Lipinski definition) is 2. The third-order valence-corrected chi connectivity index (χ3v) is 17.2. The van der Waals surface area contributed by atoms with Crippen LogP contribution in [0, 0.1) is 12.8 Å². The van der Waals surface area contributed by atoms with E-state index >= 15 is 8.78 Å². The van der Waals surface area contributed by atoms with Crippen LogP contribution < -0.4 is 15.1 Å². The number of amides is 3. The van der Waals surface area contributed by atoms with Crippen LogP contribution in [0.15, 0.2) is 83.2 Å². The molecule has 2 aromatic carbocycles. The number of pyridine rings is 1. The summed E-state index contributed by atoms with van der Waals surface area (Å²) in [5.41, 5.74) is 9.09. The van der Waals surface area contributed by atoms with Gasteiger partial charge >= 0.3 is 0 Å². The first-order valence-electron chi connectivity index (χ1n) is 26.7. The van der Waals surface area contributed by atoms with E-state index in [1.54, 1.807) is 53.8 Å². The fourth-order valence-corrected chi connectivity index (χ4v) is 12.8. The Kier molecular flexibility index (Phi) is 14.5. The molecule has 3 amide bonds. The minimum absolute atomic E-state index is 0.0155. The van der Waals surface area contributed by atoms with E-state index in [4.69, 9.17) is 14.4 Å². The summed E-state index contributed by atoms with van der Waals surface area (Å²) in [4.78, 5) is 58.2. The number of rotatable bonds is 14. The fraction of sp³-hybridized carbons (Fsp3) is 0.456. The monoisotopic (exact) mass is 1070 g/mol. The highest BCUT2D eigenvalue weighted by atomic mass is 32.1. The molecule has 0 spiro atoms. The number of β-amino-alcohol motifs (C(OH)–C–C–N with tert-alkyl or cyclic N) is 1. The minimum Gasteiger partial charge on any atom is -0.391 e. The molecule has 20 heteroatoms. The van der Waals surface area contributed by atoms with Crippen molar-refractivity contribution in [2.75, 3.05) is 56.2 Å². The number of aromatic nitrogens is 6. The van der Waals surface area contributed by atoms with Crippen LogP contribution in [0.2, 0.25) is 0 Å². The van der Waals surface area contributed by atoms with Gasteiger partial charge in [-0.2, -0.15) is 5.10 Å². The number of ether oxygens (including phenoxy) is 1. The Hall–Kier alpha value is -7.03. The topological polar surface area (TPSA) is 180 Å². The van der Waals surface area contributed by atoms with Crippen LogP contribution in [0.4, 0.5) is 26.1 Å². The Labute approximate surface area is 449 Å². The van der Waals surface area contributed by atoms with Crippen molar-refractivity contribution in [1.82, 2.24) is 44.6 Å². The summed E-state index contributed by atoms with van der Waals surface area (Å²) >= 11 is 1.58. The van der Waals surface area contributed by atoms with Crippen LogP contribution >= 0.6 is 11.3 Å². The second kappa shape index (κ2) is 21.4. The Morgan fingerprint density at radius 2 is 1.75 bits per heavy atom. The summed E-state index contributed by atoms with van der Waals surface area (Å²) in [7, 11) is 1.85. The van der Waals surface area contributed by atoms with E-state index < -0.39 is 24.5 Å². The van der Waals surface area contributed by atoms with Gasteiger partial charge in [0.25, 0.3) is 6.43 Å². The van der Waals surface area contributed by atoms with Crippen LogP contribution in [0.1, 0.15) is 118 Å². The lowest BCUT2D eigenvalue weighted by Crippen LogP contribution is -2.48. The van der Waals surface area contributed by atoms with Crippen molar-refractivity contribution >= 4 is 57.3 Å². The number of aliphatic hydroxyl groups excluding tert-OH is 1. The number of thiazole rings is 1. The van der Waals surface area contributed by atoms with Gasteiger partial charge in [-0.1, -0.05) is 49.3 Å². The SMILES string of the molecule is CC(=O)N1CCc2c(c(N(C)c3ccc(-c4cn([C@@H]5CCN(c6cc(C(C(=O)N7C[C@H](O)C[C@H]7C(=O)N[C@@H](C)c7ccc(-c8scnc8C)cc7)C(C)C)on6)C5)c5ccncc45)c(C(F)F)c3)nn2C2CCOCC2)C1. The molecule has 0 radical (unpaired) electrons. The maximum absolute atomic E-state index is 15.4. The quantitative estimate of drug-likeness (QED) is 0.106. The number of hydrogen-bond acceptors (Lipinski definition) is 13. The molecular weight excluding hydrogens is 1000 g/mol. The predicted molar refractivity (Wildman–Crippen MR) is 289 cm³/mol. The summed E-state index contributed by atoms with van der Waals surface area (Å²) in [6.45, 7) is 12.7. The van der Waals surface area contributed by atoms with Crippen LogP contribution in [0.5, 0.6) is 0 Å². The lowest BCUT2D eigenvalue weighted by molar-refractivity contribution is -0.141. The van der Waals surface area contributed by atoms with Crippen LogP contribution in [-0.2, 0) is 32.1 Å². The number of halogens is 2. The summed E-state index contributed by atoms with van der Waals surface area (Å²) in [6.07, 6.45) is 4.86. The molecule has 4 aliphatic rings. The van der Waals surface area contributed by atoms with Crippen molar-refractivity contribution in [3.05, 3.63) is 113 Å². The van der Waals surface area contributed by atoms with E-state index in [1.807, 2.05) is 87.7 Å². The van der Waals surface area contributed by atoms with Gasteiger partial charge in [0.15, 0.2) is 17.4 Å². The fourth-order valence-electron chi connectivity index (χ4n) is 12.0. The van der Waals surface area contributed by atoms with Gasteiger partial charge in [0, 0.05) is 124 Å². The first-order chi connectivity index (χ1) is 37.1. The minimum atomic E-state index is -2.80. The molecule has 9 heterocycles. The number of benzene rings is 2. The first-order valence-corrected chi connectivity index (χ1v) is 27.6. The largest absolute Gasteiger partial charge is 0.391 e. The molecule has 0 bridgehead atoms. The Morgan fingerprint density at radius 3 is 2.48 bits per heavy atom. The van der Waals surface area contributed by atoms with Gasteiger partial charge in [-0.15, -0.1) is 11.3 Å². The molecule has 0 aliphatic carbocycles. The van der Waals surface area contributed by atoms with Crippen molar-refractivity contribution in [3.8, 4) is 21.6 Å². The maximum atomic E-state index is 15.4. The van der Waals surface area contributed by atoms with E-state index in [2.05, 4.69) is 34.6 Å². The lowest BCUT2D eigenvalue weighted by atomic mass is 9.91. The molecular formula is C57H65F2N11O6S. The average molecular weight is 1070 g/mol. The van der Waals surface area contributed by atoms with Gasteiger partial charge in [-0.3, -0.25) is 24.0 Å². The summed E-state index contributed by atoms with van der Waals surface area (Å²) in [5.74, 6) is -0.104. The van der Waals surface area contributed by atoms with Crippen molar-refractivity contribution < 1.29 is 37.5 Å². The molecule has 4 aliphatic heterocycles. The standard InChI is InChI=1S/C57H65F2N11O6S/c1-32(2)52(57(74)69-28-41(72)24-49(69)56(73)62-33(3)36-7-9-37(10-8-36)53-34(4)61-31-77-53)50-25-51(64-76-50)67-19-14-40(27-67)68-30-45(44-26-60-18-13-47(44)68)42-12-11-39(23-43(42)54(58)59)65(6)55-46-29-66(35(5)71)20-15-48(46)70(63-55)38-16-21-75-22-17-38/h7-13,18,23,25-26,30-33,38,40-41,49,52,54,72H,14-17,19-22,24,27-29H2,1-6H3,(H,62,73)/t33-,40+,41+,49-,52?/m0/s1. The zero-order chi connectivity index (χ0) is 53.8. The van der Waals surface area contributed by atoms with Crippen LogP contribution in [0.25, 0.3) is 32.5 Å². The second-order valence-electron chi connectivity index (χ2n) is 21.4. The number of nitrogens with one attached hydrogen (secondary N) is 1. The molecule has 17 nitrogen and oxygen atoms in total. The van der Waals surface area contributed by atoms with E-state index in [1.165, 1.54) is 4.90 Å². The van der Waals surface area contributed by atoms with E-state index in [0.717, 1.165) is 56.7 Å². The predicted octanol–water partition coefficient (Wildman–Crippen LogP) is 9.31. The number of alkyl halides is 2. The summed E-state index contributed by atoms with van der Waals surface area (Å²) in [6, 6.07) is 15.7. The highest BCUT2D eigenvalue weighted by molar-refractivity contribution is 7.13. The third-order valence-electron chi connectivity index (χ3n) is 16.2. The van der Waals surface area contributed by atoms with Gasteiger partial charge in [0.05, 0.1) is 52.4 Å². The third kappa shape index (κ3) is 9.99. The number of anilines is 3. The van der Waals surface area contributed by atoms with Crippen LogP contribution in [-0.4, -0.2) is 121 Å². The molecule has 5 atom stereocenters. The Bertz CT molecular complexity index is 3310. The normalized spacial score (nSPS) is 19.9. The Morgan fingerprint density at radius 1 is 0.961 bits per heavy atom. The summed E-state index contributed by atoms with van der Waals surface area (Å²) in [5, 5.41) is 24.3. The van der Waals surface area contributed by atoms with Gasteiger partial charge in [0.1, 0.15) is 12.0 Å². The van der Waals surface area contributed by atoms with Gasteiger partial charge in [-0.05, 0) is 73.9 Å². The molecule has 2 N–H and O–H groups in total. The number of likely N-dealkylation sites (tertiary alicyclic amines) is 1. The molecule has 0 saturated carbocycles. The van der Waals surface area contributed by atoms with Crippen molar-refractivity contribution in [1.29, 1.82) is 0 Å². The van der Waals surface area contributed by atoms with Gasteiger partial charge in [-0.25, -0.2) is 13.8 Å². The molecule has 1 unspecified atom stereocenters. The summed E-state index contributed by atoms with van der Waals surface area (Å²) < 4.78 is 46.8. The smallest absolute Gasteiger partial charge is 0.264 e. The number of carbonyl (C=O) groups is 3. The van der Waals surface area contributed by atoms with Gasteiger partial charge in [0.2, 0.25) is 17.7 Å². The van der Waals surface area contributed by atoms with E-state index in [9.17, 15) is 19.5 Å². The molecule has 3 fully saturated rings. The number of carbonyl (C=O) groups excluding carboxylic acids is 3. The average Bonchev–Trinajstić information content (AvgIpc) is 4.45. The number of aryl methyl sites for hydroxylation is 1. The zero-order valence-electron chi connectivity index (χ0n) is 44.2. The zero-order valence-corrected chi connectivity index (χ0v) is 45.1. The van der Waals surface area contributed by atoms with Gasteiger partial charge < -0.3 is 43.9 Å². The number of nitrogens with zero attached hydrogens (tertiary/aromatic N) is 10. The molecule has 3 saturated heterocycles. The molecule has 77 heavy (non-hydrogen) atoms. The molecule has 5 aromatic heterocycles. The lowest BCUT2D eigenvalue weighted by Gasteiger charge is -2.29. The number of aliphatic hydroxyl groups is 1. The van der Waals surface area contributed by atoms with Crippen LogP contribution in [0.3, 0.4) is 0 Å². The molecule has 404 valence electrons. The Balaban J connectivity index is 0.803.